The Balaban J connectivity index is 1.77. The molecule has 0 spiro atoms. The van der Waals surface area contributed by atoms with Gasteiger partial charge in [-0.1, -0.05) is 32.9 Å². The summed E-state index contributed by atoms with van der Waals surface area (Å²) in [5.74, 6) is 0.739. The van der Waals surface area contributed by atoms with Gasteiger partial charge in [0, 0.05) is 12.1 Å². The van der Waals surface area contributed by atoms with Gasteiger partial charge in [0.1, 0.15) is 5.82 Å². The number of hydrogen-bond donors (Lipinski definition) is 1. The molecule has 116 valence electrons. The maximum atomic E-state index is 13.8. The Morgan fingerprint density at radius 3 is 2.52 bits per heavy atom. The van der Waals surface area contributed by atoms with Crippen LogP contribution in [0.1, 0.15) is 64.1 Å². The second-order valence-corrected chi connectivity index (χ2v) is 8.06. The SMILES string of the molecule is Cc1ccc(C(C)NC2CC3CCC2(C)C3(C)C)cc1F. The lowest BCUT2D eigenvalue weighted by Crippen LogP contribution is -2.45. The fourth-order valence-corrected chi connectivity index (χ4v) is 4.73. The monoisotopic (exact) mass is 289 g/mol. The minimum Gasteiger partial charge on any atom is -0.307 e. The van der Waals surface area contributed by atoms with Gasteiger partial charge in [-0.2, -0.15) is 0 Å². The van der Waals surface area contributed by atoms with E-state index in [4.69, 9.17) is 0 Å². The molecule has 2 aliphatic carbocycles. The molecule has 0 aliphatic heterocycles. The highest BCUT2D eigenvalue weighted by Crippen LogP contribution is 2.65. The fourth-order valence-electron chi connectivity index (χ4n) is 4.73. The van der Waals surface area contributed by atoms with E-state index in [0.29, 0.717) is 16.9 Å². The standard InChI is InChI=1S/C19H28FN/c1-12-6-7-14(10-16(12)20)13(2)21-17-11-15-8-9-19(17,5)18(15,3)4/h6-7,10,13,15,17,21H,8-9,11H2,1-5H3. The molecular formula is C19H28FN. The quantitative estimate of drug-likeness (QED) is 0.825. The van der Waals surface area contributed by atoms with Crippen LogP contribution in [-0.2, 0) is 0 Å². The van der Waals surface area contributed by atoms with E-state index >= 15 is 0 Å². The molecule has 1 aromatic carbocycles. The van der Waals surface area contributed by atoms with Gasteiger partial charge in [0.2, 0.25) is 0 Å². The molecule has 1 N–H and O–H groups in total. The topological polar surface area (TPSA) is 12.0 Å². The molecule has 2 saturated carbocycles. The highest BCUT2D eigenvalue weighted by Gasteiger charge is 2.61. The lowest BCUT2D eigenvalue weighted by molar-refractivity contribution is 0.116. The van der Waals surface area contributed by atoms with Crippen molar-refractivity contribution in [3.63, 3.8) is 0 Å². The molecule has 0 amide bonds. The highest BCUT2D eigenvalue weighted by atomic mass is 19.1. The van der Waals surface area contributed by atoms with E-state index in [2.05, 4.69) is 39.1 Å². The smallest absolute Gasteiger partial charge is 0.126 e. The average Bonchev–Trinajstić information content (AvgIpc) is 2.75. The van der Waals surface area contributed by atoms with Gasteiger partial charge < -0.3 is 5.32 Å². The van der Waals surface area contributed by atoms with Crippen molar-refractivity contribution in [3.8, 4) is 0 Å². The van der Waals surface area contributed by atoms with Crippen molar-refractivity contribution in [1.29, 1.82) is 0 Å². The zero-order valence-electron chi connectivity index (χ0n) is 14.0. The number of nitrogens with one attached hydrogen (secondary N) is 1. The molecule has 4 unspecified atom stereocenters. The molecule has 3 rings (SSSR count). The summed E-state index contributed by atoms with van der Waals surface area (Å²) in [6, 6.07) is 6.38. The van der Waals surface area contributed by atoms with Gasteiger partial charge in [-0.15, -0.1) is 0 Å². The van der Waals surface area contributed by atoms with Crippen molar-refractivity contribution < 1.29 is 4.39 Å². The summed E-state index contributed by atoms with van der Waals surface area (Å²) in [4.78, 5) is 0. The first-order valence-electron chi connectivity index (χ1n) is 8.28. The predicted octanol–water partition coefficient (Wildman–Crippen LogP) is 5.00. The first-order valence-corrected chi connectivity index (χ1v) is 8.28. The third-order valence-electron chi connectivity index (χ3n) is 6.94. The van der Waals surface area contributed by atoms with Crippen molar-refractivity contribution in [2.24, 2.45) is 16.7 Å². The first-order chi connectivity index (χ1) is 9.75. The maximum Gasteiger partial charge on any atom is 0.126 e. The Labute approximate surface area is 128 Å². The van der Waals surface area contributed by atoms with Crippen molar-refractivity contribution in [1.82, 2.24) is 5.32 Å². The van der Waals surface area contributed by atoms with Crippen LogP contribution in [0.4, 0.5) is 4.39 Å². The van der Waals surface area contributed by atoms with Crippen molar-refractivity contribution in [3.05, 3.63) is 35.1 Å². The number of hydrogen-bond acceptors (Lipinski definition) is 1. The minimum atomic E-state index is -0.0966. The normalized spacial score (nSPS) is 35.1. The Bertz CT molecular complexity index is 550. The van der Waals surface area contributed by atoms with Gasteiger partial charge in [-0.25, -0.2) is 4.39 Å². The summed E-state index contributed by atoms with van der Waals surface area (Å²) in [5.41, 5.74) is 2.57. The first kappa shape index (κ1) is 15.0. The van der Waals surface area contributed by atoms with E-state index in [1.165, 1.54) is 19.3 Å². The molecule has 0 radical (unpaired) electrons. The van der Waals surface area contributed by atoms with Crippen LogP contribution in [0.2, 0.25) is 0 Å². The zero-order chi connectivity index (χ0) is 15.4. The summed E-state index contributed by atoms with van der Waals surface area (Å²) in [6.07, 6.45) is 3.95. The van der Waals surface area contributed by atoms with Crippen molar-refractivity contribution >= 4 is 0 Å². The molecule has 2 aliphatic rings. The second-order valence-electron chi connectivity index (χ2n) is 8.06. The number of rotatable bonds is 3. The van der Waals surface area contributed by atoms with Crippen molar-refractivity contribution in [2.75, 3.05) is 0 Å². The lowest BCUT2D eigenvalue weighted by Gasteiger charge is -2.40. The second kappa shape index (κ2) is 4.81. The van der Waals surface area contributed by atoms with Gasteiger partial charge >= 0.3 is 0 Å². The van der Waals surface area contributed by atoms with Crippen LogP contribution in [0, 0.1) is 29.5 Å². The zero-order valence-corrected chi connectivity index (χ0v) is 14.0. The summed E-state index contributed by atoms with van der Waals surface area (Å²) in [6.45, 7) is 11.3. The van der Waals surface area contributed by atoms with Crippen LogP contribution in [0.5, 0.6) is 0 Å². The summed E-state index contributed by atoms with van der Waals surface area (Å²) in [5, 5.41) is 3.80. The van der Waals surface area contributed by atoms with E-state index in [-0.39, 0.29) is 11.9 Å². The molecule has 1 aromatic rings. The van der Waals surface area contributed by atoms with Gasteiger partial charge in [0.05, 0.1) is 0 Å². The summed E-state index contributed by atoms with van der Waals surface area (Å²) < 4.78 is 13.8. The largest absolute Gasteiger partial charge is 0.307 e. The van der Waals surface area contributed by atoms with E-state index in [0.717, 1.165) is 17.0 Å². The third kappa shape index (κ3) is 2.14. The molecule has 21 heavy (non-hydrogen) atoms. The van der Waals surface area contributed by atoms with Crippen LogP contribution < -0.4 is 5.32 Å². The molecule has 0 heterocycles. The molecule has 2 heteroatoms. The van der Waals surface area contributed by atoms with Gasteiger partial charge in [0.15, 0.2) is 0 Å². The average molecular weight is 289 g/mol. The molecule has 0 saturated heterocycles. The van der Waals surface area contributed by atoms with Crippen LogP contribution in [0.15, 0.2) is 18.2 Å². The highest BCUT2D eigenvalue weighted by molar-refractivity contribution is 5.26. The van der Waals surface area contributed by atoms with Crippen LogP contribution in [0.3, 0.4) is 0 Å². The van der Waals surface area contributed by atoms with Crippen LogP contribution in [0.25, 0.3) is 0 Å². The molecule has 2 bridgehead atoms. The van der Waals surface area contributed by atoms with Crippen molar-refractivity contribution in [2.45, 2.75) is 66.0 Å². The van der Waals surface area contributed by atoms with Gasteiger partial charge in [-0.05, 0) is 67.1 Å². The molecule has 2 fully saturated rings. The third-order valence-corrected chi connectivity index (χ3v) is 6.94. The Morgan fingerprint density at radius 1 is 1.29 bits per heavy atom. The molecular weight excluding hydrogens is 261 g/mol. The van der Waals surface area contributed by atoms with E-state index < -0.39 is 0 Å². The van der Waals surface area contributed by atoms with E-state index in [1.807, 2.05) is 13.0 Å². The van der Waals surface area contributed by atoms with Crippen LogP contribution >= 0.6 is 0 Å². The molecule has 1 nitrogen and oxygen atoms in total. The number of halogens is 1. The minimum absolute atomic E-state index is 0.0966. The Hall–Kier alpha value is -0.890. The number of benzene rings is 1. The Kier molecular flexibility index (Phi) is 3.44. The van der Waals surface area contributed by atoms with Gasteiger partial charge in [0.25, 0.3) is 0 Å². The number of aryl methyl sites for hydroxylation is 1. The van der Waals surface area contributed by atoms with E-state index in [9.17, 15) is 4.39 Å². The van der Waals surface area contributed by atoms with Gasteiger partial charge in [-0.3, -0.25) is 0 Å². The molecule has 4 atom stereocenters. The summed E-state index contributed by atoms with van der Waals surface area (Å²) >= 11 is 0. The summed E-state index contributed by atoms with van der Waals surface area (Å²) in [7, 11) is 0. The lowest BCUT2D eigenvalue weighted by atomic mass is 9.69. The predicted molar refractivity (Wildman–Crippen MR) is 85.7 cm³/mol. The fraction of sp³-hybridized carbons (Fsp3) is 0.684. The van der Waals surface area contributed by atoms with Crippen LogP contribution in [-0.4, -0.2) is 6.04 Å². The Morgan fingerprint density at radius 2 is 2.00 bits per heavy atom. The maximum absolute atomic E-state index is 13.8. The van der Waals surface area contributed by atoms with E-state index in [1.54, 1.807) is 6.07 Å². The molecule has 0 aromatic heterocycles. The number of fused-ring (bicyclic) bond motifs is 2.